The highest BCUT2D eigenvalue weighted by molar-refractivity contribution is 5.06. The van der Waals surface area contributed by atoms with E-state index in [1.807, 2.05) is 13.8 Å². The summed E-state index contributed by atoms with van der Waals surface area (Å²) in [4.78, 5) is 0. The highest BCUT2D eigenvalue weighted by Gasteiger charge is 2.34. The molecule has 1 aliphatic rings. The van der Waals surface area contributed by atoms with Crippen LogP contribution in [-0.4, -0.2) is 11.2 Å². The lowest BCUT2D eigenvalue weighted by molar-refractivity contribution is 0.0250. The van der Waals surface area contributed by atoms with Gasteiger partial charge >= 0.3 is 0 Å². The van der Waals surface area contributed by atoms with E-state index in [1.165, 1.54) is 6.42 Å². The molecule has 0 aromatic heterocycles. The number of aliphatic hydroxyl groups is 1. The average molecular weight is 166 g/mol. The molecule has 2 atom stereocenters. The Morgan fingerprint density at radius 3 is 2.42 bits per heavy atom. The second-order valence-corrected chi connectivity index (χ2v) is 4.32. The molecule has 12 heavy (non-hydrogen) atoms. The third kappa shape index (κ3) is 1.81. The molecule has 0 aromatic rings. The van der Waals surface area contributed by atoms with Crippen LogP contribution < -0.4 is 0 Å². The minimum atomic E-state index is -0.176. The minimum absolute atomic E-state index is 0.139. The quantitative estimate of drug-likeness (QED) is 0.592. The molecule has 1 fully saturated rings. The maximum Gasteiger partial charge on any atom is 0.0582 e. The molecular formula is C11H18O. The molecule has 0 aromatic carbocycles. The first kappa shape index (κ1) is 9.61. The molecule has 68 valence electrons. The van der Waals surface area contributed by atoms with Crippen molar-refractivity contribution in [3.63, 3.8) is 0 Å². The second kappa shape index (κ2) is 3.49. The molecule has 1 N–H and O–H groups in total. The Hall–Kier alpha value is -0.480. The van der Waals surface area contributed by atoms with Crippen LogP contribution in [-0.2, 0) is 0 Å². The van der Waals surface area contributed by atoms with Crippen LogP contribution in [0.15, 0.2) is 0 Å². The van der Waals surface area contributed by atoms with Gasteiger partial charge in [-0.25, -0.2) is 0 Å². The van der Waals surface area contributed by atoms with E-state index in [1.54, 1.807) is 0 Å². The van der Waals surface area contributed by atoms with E-state index in [-0.39, 0.29) is 11.5 Å². The predicted octanol–water partition coefficient (Wildman–Crippen LogP) is 2.20. The normalized spacial score (nSPS) is 31.2. The van der Waals surface area contributed by atoms with Crippen LogP contribution in [0.1, 0.15) is 39.5 Å². The molecule has 1 rings (SSSR count). The fourth-order valence-electron chi connectivity index (χ4n) is 2.06. The van der Waals surface area contributed by atoms with Gasteiger partial charge in [0.2, 0.25) is 0 Å². The lowest BCUT2D eigenvalue weighted by Gasteiger charge is -2.36. The summed E-state index contributed by atoms with van der Waals surface area (Å²) in [6.07, 6.45) is 9.64. The Morgan fingerprint density at radius 2 is 1.92 bits per heavy atom. The van der Waals surface area contributed by atoms with Crippen molar-refractivity contribution in [3.05, 3.63) is 0 Å². The van der Waals surface area contributed by atoms with Crippen molar-refractivity contribution in [1.29, 1.82) is 0 Å². The number of hydrogen-bond acceptors (Lipinski definition) is 1. The van der Waals surface area contributed by atoms with E-state index < -0.39 is 0 Å². The predicted molar refractivity (Wildman–Crippen MR) is 50.6 cm³/mol. The largest absolute Gasteiger partial charge is 0.393 e. The lowest BCUT2D eigenvalue weighted by atomic mass is 9.70. The van der Waals surface area contributed by atoms with Gasteiger partial charge in [-0.3, -0.25) is 0 Å². The molecule has 0 aliphatic heterocycles. The first-order valence-corrected chi connectivity index (χ1v) is 4.74. The van der Waals surface area contributed by atoms with Gasteiger partial charge in [0.05, 0.1) is 6.10 Å². The molecule has 0 amide bonds. The van der Waals surface area contributed by atoms with Crippen molar-refractivity contribution in [3.8, 4) is 12.3 Å². The Kier molecular flexibility index (Phi) is 2.80. The summed E-state index contributed by atoms with van der Waals surface area (Å²) < 4.78 is 0. The fourth-order valence-corrected chi connectivity index (χ4v) is 2.06. The molecule has 1 aliphatic carbocycles. The monoisotopic (exact) mass is 166 g/mol. The van der Waals surface area contributed by atoms with Gasteiger partial charge in [-0.15, -0.1) is 12.3 Å². The SMILES string of the molecule is C#CC(C)(C)[C@@H]1CCCC[C@@H]1O. The van der Waals surface area contributed by atoms with Crippen LogP contribution in [0.3, 0.4) is 0 Å². The maximum absolute atomic E-state index is 9.74. The topological polar surface area (TPSA) is 20.2 Å². The number of aliphatic hydroxyl groups excluding tert-OH is 1. The Balaban J connectivity index is 2.67. The Morgan fingerprint density at radius 1 is 1.33 bits per heavy atom. The number of rotatable bonds is 1. The summed E-state index contributed by atoms with van der Waals surface area (Å²) in [5, 5.41) is 9.74. The second-order valence-electron chi connectivity index (χ2n) is 4.32. The Bertz CT molecular complexity index is 188. The molecule has 1 saturated carbocycles. The number of terminal acetylenes is 1. The van der Waals surface area contributed by atoms with E-state index in [9.17, 15) is 5.11 Å². The van der Waals surface area contributed by atoms with Crippen molar-refractivity contribution < 1.29 is 5.11 Å². The van der Waals surface area contributed by atoms with Crippen molar-refractivity contribution in [2.24, 2.45) is 11.3 Å². The van der Waals surface area contributed by atoms with Gasteiger partial charge in [-0.1, -0.05) is 12.8 Å². The highest BCUT2D eigenvalue weighted by atomic mass is 16.3. The first-order valence-electron chi connectivity index (χ1n) is 4.74. The third-order valence-corrected chi connectivity index (χ3v) is 3.03. The van der Waals surface area contributed by atoms with E-state index in [0.717, 1.165) is 19.3 Å². The zero-order valence-electron chi connectivity index (χ0n) is 8.01. The van der Waals surface area contributed by atoms with Crippen LogP contribution in [0.2, 0.25) is 0 Å². The molecular weight excluding hydrogens is 148 g/mol. The van der Waals surface area contributed by atoms with Gasteiger partial charge < -0.3 is 5.11 Å². The van der Waals surface area contributed by atoms with E-state index in [2.05, 4.69) is 5.92 Å². The highest BCUT2D eigenvalue weighted by Crippen LogP contribution is 2.37. The van der Waals surface area contributed by atoms with Crippen molar-refractivity contribution in [1.82, 2.24) is 0 Å². The van der Waals surface area contributed by atoms with Crippen LogP contribution in [0.4, 0.5) is 0 Å². The van der Waals surface area contributed by atoms with Crippen molar-refractivity contribution >= 4 is 0 Å². The first-order chi connectivity index (χ1) is 5.58. The van der Waals surface area contributed by atoms with Gasteiger partial charge in [-0.2, -0.15) is 0 Å². The van der Waals surface area contributed by atoms with Crippen LogP contribution in [0, 0.1) is 23.7 Å². The van der Waals surface area contributed by atoms with Gasteiger partial charge in [0.1, 0.15) is 0 Å². The van der Waals surface area contributed by atoms with Crippen LogP contribution >= 0.6 is 0 Å². The van der Waals surface area contributed by atoms with Gasteiger partial charge in [0.15, 0.2) is 0 Å². The maximum atomic E-state index is 9.74. The summed E-state index contributed by atoms with van der Waals surface area (Å²) in [6, 6.07) is 0. The molecule has 1 heteroatoms. The third-order valence-electron chi connectivity index (χ3n) is 3.03. The number of hydrogen-bond donors (Lipinski definition) is 1. The van der Waals surface area contributed by atoms with Gasteiger partial charge in [0.25, 0.3) is 0 Å². The standard InChI is InChI=1S/C11H18O/c1-4-11(2,3)9-7-5-6-8-10(9)12/h1,9-10,12H,5-8H2,2-3H3/t9-,10+/m1/s1. The minimum Gasteiger partial charge on any atom is -0.393 e. The molecule has 0 radical (unpaired) electrons. The van der Waals surface area contributed by atoms with Crippen LogP contribution in [0.25, 0.3) is 0 Å². The summed E-state index contributed by atoms with van der Waals surface area (Å²) >= 11 is 0. The summed E-state index contributed by atoms with van der Waals surface area (Å²) in [6.45, 7) is 4.10. The fraction of sp³-hybridized carbons (Fsp3) is 0.818. The summed E-state index contributed by atoms with van der Waals surface area (Å²) in [7, 11) is 0. The molecule has 0 spiro atoms. The Labute approximate surface area is 75.2 Å². The summed E-state index contributed by atoms with van der Waals surface area (Å²) in [5.41, 5.74) is -0.139. The average Bonchev–Trinajstić information content (AvgIpc) is 2.05. The summed E-state index contributed by atoms with van der Waals surface area (Å²) in [5.74, 6) is 3.08. The molecule has 0 bridgehead atoms. The van der Waals surface area contributed by atoms with Crippen molar-refractivity contribution in [2.75, 3.05) is 0 Å². The van der Waals surface area contributed by atoms with Gasteiger partial charge in [0, 0.05) is 11.3 Å². The van der Waals surface area contributed by atoms with Crippen molar-refractivity contribution in [2.45, 2.75) is 45.6 Å². The van der Waals surface area contributed by atoms with E-state index >= 15 is 0 Å². The van der Waals surface area contributed by atoms with E-state index in [0.29, 0.717) is 5.92 Å². The lowest BCUT2D eigenvalue weighted by Crippen LogP contribution is -2.35. The van der Waals surface area contributed by atoms with E-state index in [4.69, 9.17) is 6.42 Å². The molecule has 0 saturated heterocycles. The zero-order chi connectivity index (χ0) is 9.19. The van der Waals surface area contributed by atoms with Gasteiger partial charge in [-0.05, 0) is 26.7 Å². The molecule has 0 heterocycles. The molecule has 1 nitrogen and oxygen atoms in total. The molecule has 0 unspecified atom stereocenters. The zero-order valence-corrected chi connectivity index (χ0v) is 8.01. The van der Waals surface area contributed by atoms with Crippen LogP contribution in [0.5, 0.6) is 0 Å². The smallest absolute Gasteiger partial charge is 0.0582 e.